The summed E-state index contributed by atoms with van der Waals surface area (Å²) in [6, 6.07) is 7.05. The van der Waals surface area contributed by atoms with Gasteiger partial charge >= 0.3 is 0 Å². The van der Waals surface area contributed by atoms with Crippen LogP contribution in [0.2, 0.25) is 0 Å². The molecule has 4 heteroatoms. The summed E-state index contributed by atoms with van der Waals surface area (Å²) in [6.07, 6.45) is 0.671. The molecule has 96 valence electrons. The lowest BCUT2D eigenvalue weighted by Crippen LogP contribution is -2.28. The number of anilines is 1. The highest BCUT2D eigenvalue weighted by Crippen LogP contribution is 2.23. The Morgan fingerprint density at radius 1 is 1.33 bits per heavy atom. The number of hydrogen-bond acceptors (Lipinski definition) is 3. The van der Waals surface area contributed by atoms with Crippen LogP contribution in [0.25, 0.3) is 0 Å². The van der Waals surface area contributed by atoms with Crippen molar-refractivity contribution in [1.29, 1.82) is 0 Å². The van der Waals surface area contributed by atoms with Crippen molar-refractivity contribution < 1.29 is 14.3 Å². The number of hydrogen-bond donors (Lipinski definition) is 1. The monoisotopic (exact) mass is 247 g/mol. The average molecular weight is 247 g/mol. The summed E-state index contributed by atoms with van der Waals surface area (Å²) < 4.78 is 5.37. The molecule has 2 unspecified atom stereocenters. The van der Waals surface area contributed by atoms with Gasteiger partial charge in [0.25, 0.3) is 0 Å². The Kier molecular flexibility index (Phi) is 3.77. The summed E-state index contributed by atoms with van der Waals surface area (Å²) in [7, 11) is 0. The summed E-state index contributed by atoms with van der Waals surface area (Å²) in [6.45, 7) is 4.01. The third-order valence-electron chi connectivity index (χ3n) is 3.28. The van der Waals surface area contributed by atoms with Crippen LogP contribution < -0.4 is 5.32 Å². The fourth-order valence-electron chi connectivity index (χ4n) is 2.20. The summed E-state index contributed by atoms with van der Waals surface area (Å²) in [5.41, 5.74) is 1.12. The first-order valence-corrected chi connectivity index (χ1v) is 6.12. The van der Waals surface area contributed by atoms with Crippen molar-refractivity contribution in [1.82, 2.24) is 0 Å². The molecule has 1 fully saturated rings. The van der Waals surface area contributed by atoms with Crippen LogP contribution in [0.3, 0.4) is 0 Å². The van der Waals surface area contributed by atoms with Crippen molar-refractivity contribution in [2.45, 2.75) is 26.4 Å². The normalized spacial score (nSPS) is 22.8. The molecule has 2 rings (SSSR count). The van der Waals surface area contributed by atoms with E-state index in [0.717, 1.165) is 6.42 Å². The van der Waals surface area contributed by atoms with E-state index in [9.17, 15) is 9.59 Å². The number of carbonyl (C=O) groups is 2. The maximum Gasteiger partial charge on any atom is 0.230 e. The molecule has 1 aromatic rings. The smallest absolute Gasteiger partial charge is 0.230 e. The van der Waals surface area contributed by atoms with Crippen LogP contribution in [0.1, 0.15) is 30.6 Å². The zero-order chi connectivity index (χ0) is 13.1. The van der Waals surface area contributed by atoms with E-state index in [1.54, 1.807) is 24.3 Å². The van der Waals surface area contributed by atoms with Gasteiger partial charge in [0.05, 0.1) is 17.7 Å². The Balaban J connectivity index is 2.14. The molecule has 0 aromatic heterocycles. The van der Waals surface area contributed by atoms with E-state index in [0.29, 0.717) is 17.9 Å². The van der Waals surface area contributed by atoms with Crippen LogP contribution in [0, 0.1) is 5.92 Å². The number of ether oxygens (including phenoxy) is 1. The number of amides is 1. The van der Waals surface area contributed by atoms with E-state index in [2.05, 4.69) is 5.32 Å². The van der Waals surface area contributed by atoms with Crippen molar-refractivity contribution in [3.63, 3.8) is 0 Å². The second-order valence-corrected chi connectivity index (χ2v) is 4.56. The van der Waals surface area contributed by atoms with Crippen LogP contribution in [0.5, 0.6) is 0 Å². The van der Waals surface area contributed by atoms with Gasteiger partial charge in [-0.25, -0.2) is 0 Å². The first-order chi connectivity index (χ1) is 8.59. The molecule has 0 radical (unpaired) electrons. The molecule has 1 heterocycles. The molecule has 0 spiro atoms. The van der Waals surface area contributed by atoms with Crippen molar-refractivity contribution in [3.8, 4) is 0 Å². The molecule has 18 heavy (non-hydrogen) atoms. The average Bonchev–Trinajstić information content (AvgIpc) is 2.76. The predicted molar refractivity (Wildman–Crippen MR) is 68.6 cm³/mol. The van der Waals surface area contributed by atoms with Gasteiger partial charge in [0.2, 0.25) is 5.91 Å². The Morgan fingerprint density at radius 2 is 2.06 bits per heavy atom. The highest BCUT2D eigenvalue weighted by atomic mass is 16.5. The predicted octanol–water partition coefficient (Wildman–Crippen LogP) is 2.25. The number of carbonyl (C=O) groups excluding carboxylic acids is 2. The summed E-state index contributed by atoms with van der Waals surface area (Å²) in [5.74, 6) is -0.264. The Bertz CT molecular complexity index is 470. The summed E-state index contributed by atoms with van der Waals surface area (Å²) >= 11 is 0. The van der Waals surface area contributed by atoms with Gasteiger partial charge in [-0.15, -0.1) is 0 Å². The topological polar surface area (TPSA) is 55.4 Å². The summed E-state index contributed by atoms with van der Waals surface area (Å²) in [4.78, 5) is 23.6. The fourth-order valence-corrected chi connectivity index (χ4v) is 2.20. The largest absolute Gasteiger partial charge is 0.378 e. The molecule has 0 saturated carbocycles. The van der Waals surface area contributed by atoms with E-state index >= 15 is 0 Å². The lowest BCUT2D eigenvalue weighted by Gasteiger charge is -2.15. The SMILES string of the molecule is CC(=O)c1ccccc1NC(=O)C1CCOC1C. The fraction of sp³-hybridized carbons (Fsp3) is 0.429. The van der Waals surface area contributed by atoms with Crippen molar-refractivity contribution >= 4 is 17.4 Å². The first kappa shape index (κ1) is 12.8. The van der Waals surface area contributed by atoms with Crippen LogP contribution >= 0.6 is 0 Å². The molecule has 1 aliphatic rings. The minimum atomic E-state index is -0.134. The third kappa shape index (κ3) is 2.59. The van der Waals surface area contributed by atoms with Gasteiger partial charge in [0.15, 0.2) is 5.78 Å². The zero-order valence-electron chi connectivity index (χ0n) is 10.6. The number of ketones is 1. The highest BCUT2D eigenvalue weighted by Gasteiger charge is 2.31. The molecule has 1 amide bonds. The van der Waals surface area contributed by atoms with E-state index in [-0.39, 0.29) is 23.7 Å². The van der Waals surface area contributed by atoms with Crippen LogP contribution in [0.15, 0.2) is 24.3 Å². The van der Waals surface area contributed by atoms with Gasteiger partial charge in [0.1, 0.15) is 0 Å². The minimum absolute atomic E-state index is 0.0541. The maximum absolute atomic E-state index is 12.1. The lowest BCUT2D eigenvalue weighted by atomic mass is 10.0. The maximum atomic E-state index is 12.1. The van der Waals surface area contributed by atoms with Crippen LogP contribution in [-0.2, 0) is 9.53 Å². The van der Waals surface area contributed by atoms with E-state index in [4.69, 9.17) is 4.74 Å². The van der Waals surface area contributed by atoms with Gasteiger partial charge in [-0.2, -0.15) is 0 Å². The van der Waals surface area contributed by atoms with E-state index in [1.807, 2.05) is 6.92 Å². The number of benzene rings is 1. The molecule has 0 bridgehead atoms. The standard InChI is InChI=1S/C14H17NO3/c1-9(16)11-5-3-4-6-13(11)15-14(17)12-7-8-18-10(12)2/h3-6,10,12H,7-8H2,1-2H3,(H,15,17). The Morgan fingerprint density at radius 3 is 2.67 bits per heavy atom. The van der Waals surface area contributed by atoms with Crippen LogP contribution in [0.4, 0.5) is 5.69 Å². The van der Waals surface area contributed by atoms with Gasteiger partial charge in [0, 0.05) is 12.2 Å². The second kappa shape index (κ2) is 5.31. The quantitative estimate of drug-likeness (QED) is 0.833. The van der Waals surface area contributed by atoms with Crippen molar-refractivity contribution in [2.75, 3.05) is 11.9 Å². The molecule has 1 N–H and O–H groups in total. The number of rotatable bonds is 3. The van der Waals surface area contributed by atoms with Gasteiger partial charge < -0.3 is 10.1 Å². The van der Waals surface area contributed by atoms with Gasteiger partial charge in [-0.3, -0.25) is 9.59 Å². The highest BCUT2D eigenvalue weighted by molar-refractivity contribution is 6.04. The number of nitrogens with one attached hydrogen (secondary N) is 1. The third-order valence-corrected chi connectivity index (χ3v) is 3.28. The molecular weight excluding hydrogens is 230 g/mol. The molecule has 4 nitrogen and oxygen atoms in total. The first-order valence-electron chi connectivity index (χ1n) is 6.12. The molecule has 2 atom stereocenters. The Hall–Kier alpha value is -1.68. The molecule has 1 aromatic carbocycles. The van der Waals surface area contributed by atoms with E-state index < -0.39 is 0 Å². The zero-order valence-corrected chi connectivity index (χ0v) is 10.6. The van der Waals surface area contributed by atoms with Crippen molar-refractivity contribution in [3.05, 3.63) is 29.8 Å². The molecular formula is C14H17NO3. The molecule has 0 aliphatic carbocycles. The van der Waals surface area contributed by atoms with E-state index in [1.165, 1.54) is 6.92 Å². The Labute approximate surface area is 106 Å². The molecule has 1 aliphatic heterocycles. The number of Topliss-reactive ketones (excluding diaryl/α,β-unsaturated/α-hetero) is 1. The number of para-hydroxylation sites is 1. The minimum Gasteiger partial charge on any atom is -0.378 e. The van der Waals surface area contributed by atoms with Gasteiger partial charge in [-0.05, 0) is 32.4 Å². The summed E-state index contributed by atoms with van der Waals surface area (Å²) in [5, 5.41) is 2.82. The van der Waals surface area contributed by atoms with Crippen molar-refractivity contribution in [2.24, 2.45) is 5.92 Å². The lowest BCUT2D eigenvalue weighted by molar-refractivity contribution is -0.121. The molecule has 1 saturated heterocycles. The van der Waals surface area contributed by atoms with Crippen LogP contribution in [-0.4, -0.2) is 24.4 Å². The van der Waals surface area contributed by atoms with Gasteiger partial charge in [-0.1, -0.05) is 12.1 Å². The second-order valence-electron chi connectivity index (χ2n) is 4.56.